The fourth-order valence-corrected chi connectivity index (χ4v) is 4.38. The van der Waals surface area contributed by atoms with E-state index in [4.69, 9.17) is 22.1 Å². The summed E-state index contributed by atoms with van der Waals surface area (Å²) in [6.07, 6.45) is 0.907. The average Bonchev–Trinajstić information content (AvgIpc) is 3.39. The van der Waals surface area contributed by atoms with Crippen molar-refractivity contribution >= 4 is 46.1 Å². The monoisotopic (exact) mass is 491 g/mol. The SMILES string of the molecule is COc1cccc2c1cc(C(N)=O)n2[C@@H](CC(C)C)C(=O)NN(C[C@@H]1CCNC1=O)C(=O)CCl. The Morgan fingerprint density at radius 1 is 1.35 bits per heavy atom. The Morgan fingerprint density at radius 3 is 2.65 bits per heavy atom. The topological polar surface area (TPSA) is 136 Å². The summed E-state index contributed by atoms with van der Waals surface area (Å²) in [5, 5.41) is 4.44. The number of ether oxygens (including phenoxy) is 1. The number of rotatable bonds is 9. The van der Waals surface area contributed by atoms with Crippen molar-refractivity contribution in [1.29, 1.82) is 0 Å². The van der Waals surface area contributed by atoms with Crippen molar-refractivity contribution < 1.29 is 23.9 Å². The van der Waals surface area contributed by atoms with E-state index in [1.54, 1.807) is 28.8 Å². The van der Waals surface area contributed by atoms with Crippen LogP contribution < -0.4 is 21.2 Å². The van der Waals surface area contributed by atoms with Crippen LogP contribution in [0, 0.1) is 11.8 Å². The van der Waals surface area contributed by atoms with Crippen LogP contribution in [-0.4, -0.2) is 59.3 Å². The third-order valence-electron chi connectivity index (χ3n) is 5.85. The summed E-state index contributed by atoms with van der Waals surface area (Å²) in [7, 11) is 1.52. The summed E-state index contributed by atoms with van der Waals surface area (Å²) in [6.45, 7) is 4.40. The fourth-order valence-electron chi connectivity index (χ4n) is 4.23. The van der Waals surface area contributed by atoms with Crippen LogP contribution >= 0.6 is 11.6 Å². The summed E-state index contributed by atoms with van der Waals surface area (Å²) >= 11 is 5.77. The van der Waals surface area contributed by atoms with Crippen LogP contribution in [0.4, 0.5) is 0 Å². The van der Waals surface area contributed by atoms with Crippen LogP contribution in [0.5, 0.6) is 5.75 Å². The van der Waals surface area contributed by atoms with Gasteiger partial charge in [0.15, 0.2) is 0 Å². The smallest absolute Gasteiger partial charge is 0.265 e. The molecule has 2 heterocycles. The molecule has 0 unspecified atom stereocenters. The maximum atomic E-state index is 13.6. The number of amides is 4. The van der Waals surface area contributed by atoms with Gasteiger partial charge in [0.2, 0.25) is 5.91 Å². The van der Waals surface area contributed by atoms with Crippen molar-refractivity contribution in [1.82, 2.24) is 20.3 Å². The standard InChI is InChI=1S/C23H30ClN5O5/c1-13(2)9-18(23(33)27-28(20(30)11-24)12-14-7-8-26-22(14)32)29-16-5-4-6-19(34-3)15(16)10-17(29)21(25)31/h4-6,10,13-14,18H,7-9,11-12H2,1-3H3,(H2,25,31)(H,26,32)(H,27,33)/t14-,18-/m0/s1. The van der Waals surface area contributed by atoms with Gasteiger partial charge < -0.3 is 20.4 Å². The Labute approximate surface area is 202 Å². The number of fused-ring (bicyclic) bond motifs is 1. The molecule has 0 spiro atoms. The number of aromatic nitrogens is 1. The number of methoxy groups -OCH3 is 1. The molecule has 1 aromatic carbocycles. The average molecular weight is 492 g/mol. The lowest BCUT2D eigenvalue weighted by atomic mass is 10.0. The number of carbonyl (C=O) groups is 4. The van der Waals surface area contributed by atoms with E-state index in [-0.39, 0.29) is 29.9 Å². The second-order valence-electron chi connectivity index (χ2n) is 8.69. The van der Waals surface area contributed by atoms with Gasteiger partial charge in [-0.25, -0.2) is 0 Å². The van der Waals surface area contributed by atoms with Gasteiger partial charge in [0, 0.05) is 11.9 Å². The molecule has 0 saturated carbocycles. The molecular weight excluding hydrogens is 462 g/mol. The van der Waals surface area contributed by atoms with Crippen LogP contribution in [0.3, 0.4) is 0 Å². The lowest BCUT2D eigenvalue weighted by Gasteiger charge is -2.29. The molecule has 1 aliphatic rings. The maximum Gasteiger partial charge on any atom is 0.265 e. The zero-order valence-electron chi connectivity index (χ0n) is 19.5. The number of carbonyl (C=O) groups excluding carboxylic acids is 4. The first kappa shape index (κ1) is 25.4. The summed E-state index contributed by atoms with van der Waals surface area (Å²) < 4.78 is 7.00. The largest absolute Gasteiger partial charge is 0.496 e. The predicted molar refractivity (Wildman–Crippen MR) is 127 cm³/mol. The zero-order valence-corrected chi connectivity index (χ0v) is 20.2. The van der Waals surface area contributed by atoms with Crippen molar-refractivity contribution in [2.45, 2.75) is 32.7 Å². The van der Waals surface area contributed by atoms with Crippen LogP contribution in [0.1, 0.15) is 43.2 Å². The number of nitrogens with two attached hydrogens (primary N) is 1. The van der Waals surface area contributed by atoms with Crippen molar-refractivity contribution in [3.63, 3.8) is 0 Å². The number of hydrogen-bond donors (Lipinski definition) is 3. The molecule has 4 N–H and O–H groups in total. The molecule has 0 bridgehead atoms. The number of nitrogens with zero attached hydrogens (tertiary/aromatic N) is 2. The van der Waals surface area contributed by atoms with Crippen LogP contribution in [0.25, 0.3) is 10.9 Å². The normalized spacial score (nSPS) is 16.4. The van der Waals surface area contributed by atoms with Crippen molar-refractivity contribution in [2.24, 2.45) is 17.6 Å². The number of benzene rings is 1. The highest BCUT2D eigenvalue weighted by Crippen LogP contribution is 2.33. The highest BCUT2D eigenvalue weighted by Gasteiger charge is 2.33. The molecule has 3 rings (SSSR count). The van der Waals surface area contributed by atoms with Crippen molar-refractivity contribution in [3.05, 3.63) is 30.0 Å². The summed E-state index contributed by atoms with van der Waals surface area (Å²) in [4.78, 5) is 50.5. The van der Waals surface area contributed by atoms with Gasteiger partial charge in [0.05, 0.1) is 25.1 Å². The van der Waals surface area contributed by atoms with E-state index in [2.05, 4.69) is 10.7 Å². The first-order valence-electron chi connectivity index (χ1n) is 11.1. The molecule has 1 aliphatic heterocycles. The Morgan fingerprint density at radius 2 is 2.09 bits per heavy atom. The number of primary amides is 1. The molecule has 34 heavy (non-hydrogen) atoms. The third kappa shape index (κ3) is 5.27. The number of halogens is 1. The van der Waals surface area contributed by atoms with E-state index < -0.39 is 29.7 Å². The predicted octanol–water partition coefficient (Wildman–Crippen LogP) is 1.57. The van der Waals surface area contributed by atoms with E-state index >= 15 is 0 Å². The quantitative estimate of drug-likeness (QED) is 0.361. The van der Waals surface area contributed by atoms with E-state index in [0.717, 1.165) is 5.01 Å². The molecule has 1 fully saturated rings. The Balaban J connectivity index is 2.02. The Kier molecular flexibility index (Phi) is 8.03. The molecular formula is C23H30ClN5O5. The fraction of sp³-hybridized carbons (Fsp3) is 0.478. The highest BCUT2D eigenvalue weighted by molar-refractivity contribution is 6.27. The molecule has 10 nitrogen and oxygen atoms in total. The van der Waals surface area contributed by atoms with Gasteiger partial charge in [-0.2, -0.15) is 0 Å². The number of nitrogens with one attached hydrogen (secondary N) is 2. The Hall–Kier alpha value is -3.27. The molecule has 184 valence electrons. The summed E-state index contributed by atoms with van der Waals surface area (Å²) in [5.41, 5.74) is 9.06. The van der Waals surface area contributed by atoms with Crippen molar-refractivity contribution in [3.8, 4) is 5.75 Å². The number of hydrazine groups is 1. The Bertz CT molecular complexity index is 1100. The molecule has 2 aromatic rings. The van der Waals surface area contributed by atoms with E-state index in [9.17, 15) is 19.2 Å². The van der Waals surface area contributed by atoms with Gasteiger partial charge in [-0.1, -0.05) is 19.9 Å². The number of alkyl halides is 1. The van der Waals surface area contributed by atoms with Crippen LogP contribution in [-0.2, 0) is 14.4 Å². The summed E-state index contributed by atoms with van der Waals surface area (Å²) in [5.74, 6) is -2.14. The maximum absolute atomic E-state index is 13.6. The minimum absolute atomic E-state index is 0.000447. The van der Waals surface area contributed by atoms with Gasteiger partial charge >= 0.3 is 0 Å². The van der Waals surface area contributed by atoms with Gasteiger partial charge in [0.1, 0.15) is 23.4 Å². The van der Waals surface area contributed by atoms with Crippen LogP contribution in [0.15, 0.2) is 24.3 Å². The minimum atomic E-state index is -0.866. The molecule has 2 atom stereocenters. The highest BCUT2D eigenvalue weighted by atomic mass is 35.5. The molecule has 0 radical (unpaired) electrons. The van der Waals surface area contributed by atoms with Crippen LogP contribution in [0.2, 0.25) is 0 Å². The van der Waals surface area contributed by atoms with Gasteiger partial charge in [0.25, 0.3) is 17.7 Å². The third-order valence-corrected chi connectivity index (χ3v) is 6.08. The lowest BCUT2D eigenvalue weighted by molar-refractivity contribution is -0.143. The molecule has 0 aliphatic carbocycles. The van der Waals surface area contributed by atoms with E-state index in [1.807, 2.05) is 13.8 Å². The molecule has 1 aromatic heterocycles. The van der Waals surface area contributed by atoms with E-state index in [0.29, 0.717) is 36.0 Å². The second kappa shape index (κ2) is 10.8. The van der Waals surface area contributed by atoms with Gasteiger partial charge in [-0.3, -0.25) is 29.6 Å². The number of hydrogen-bond acceptors (Lipinski definition) is 5. The lowest BCUT2D eigenvalue weighted by Crippen LogP contribution is -2.52. The molecule has 11 heteroatoms. The first-order chi connectivity index (χ1) is 16.2. The zero-order chi connectivity index (χ0) is 25.0. The first-order valence-corrected chi connectivity index (χ1v) is 11.6. The van der Waals surface area contributed by atoms with Gasteiger partial charge in [-0.05, 0) is 37.0 Å². The molecule has 4 amide bonds. The molecule has 1 saturated heterocycles. The van der Waals surface area contributed by atoms with Gasteiger partial charge in [-0.15, -0.1) is 11.6 Å². The van der Waals surface area contributed by atoms with E-state index in [1.165, 1.54) is 7.11 Å². The second-order valence-corrected chi connectivity index (χ2v) is 8.96. The van der Waals surface area contributed by atoms with Crippen molar-refractivity contribution in [2.75, 3.05) is 26.1 Å². The summed E-state index contributed by atoms with van der Waals surface area (Å²) in [6, 6.07) is 6.02. The minimum Gasteiger partial charge on any atom is -0.496 e.